The lowest BCUT2D eigenvalue weighted by Crippen LogP contribution is -2.44. The van der Waals surface area contributed by atoms with Gasteiger partial charge in [0.25, 0.3) is 0 Å². The topological polar surface area (TPSA) is 71.1 Å². The molecule has 0 radical (unpaired) electrons. The number of ether oxygens (including phenoxy) is 4. The Morgan fingerprint density at radius 1 is 0.469 bits per heavy atom. The molecule has 0 aliphatic carbocycles. The van der Waals surface area contributed by atoms with Gasteiger partial charge in [-0.25, -0.2) is 0 Å². The van der Waals surface area contributed by atoms with Gasteiger partial charge in [-0.05, 0) is 12.8 Å². The Morgan fingerprint density at radius 3 is 1.18 bits per heavy atom. The van der Waals surface area contributed by atoms with Crippen LogP contribution in [0.4, 0.5) is 0 Å². The molecule has 292 valence electrons. The highest BCUT2D eigenvalue weighted by atomic mass is 16.6. The van der Waals surface area contributed by atoms with E-state index in [0.29, 0.717) is 19.4 Å². The maximum Gasteiger partial charge on any atom is 0.306 e. The zero-order valence-electron chi connectivity index (χ0n) is 33.7. The van der Waals surface area contributed by atoms with Crippen molar-refractivity contribution in [1.29, 1.82) is 0 Å². The van der Waals surface area contributed by atoms with Crippen LogP contribution in [0.15, 0.2) is 0 Å². The summed E-state index contributed by atoms with van der Waals surface area (Å²) in [6.45, 7) is 5.95. The number of nitrogens with zero attached hydrogens (tertiary/aromatic N) is 1. The molecule has 0 N–H and O–H groups in total. The van der Waals surface area contributed by atoms with E-state index in [0.717, 1.165) is 43.1 Å². The molecule has 0 rings (SSSR count). The molecule has 0 aliphatic rings. The Hall–Kier alpha value is -1.18. The van der Waals surface area contributed by atoms with Crippen molar-refractivity contribution in [1.82, 2.24) is 0 Å². The summed E-state index contributed by atoms with van der Waals surface area (Å²) in [6.07, 6.45) is 33.1. The Morgan fingerprint density at radius 2 is 0.816 bits per heavy atom. The smallest absolute Gasteiger partial charge is 0.306 e. The fourth-order valence-electron chi connectivity index (χ4n) is 6.33. The van der Waals surface area contributed by atoms with Crippen LogP contribution in [0.5, 0.6) is 0 Å². The van der Waals surface area contributed by atoms with Gasteiger partial charge in [0, 0.05) is 20.0 Å². The molecule has 2 atom stereocenters. The van der Waals surface area contributed by atoms with Gasteiger partial charge in [0.2, 0.25) is 0 Å². The van der Waals surface area contributed by atoms with Crippen LogP contribution >= 0.6 is 0 Å². The molecule has 0 amide bonds. The largest absolute Gasteiger partial charge is 0.462 e. The van der Waals surface area contributed by atoms with Crippen LogP contribution < -0.4 is 0 Å². The minimum absolute atomic E-state index is 0.0363. The molecule has 0 fully saturated rings. The Bertz CT molecular complexity index is 724. The molecule has 0 heterocycles. The third kappa shape index (κ3) is 36.4. The van der Waals surface area contributed by atoms with Crippen molar-refractivity contribution in [2.24, 2.45) is 0 Å². The van der Waals surface area contributed by atoms with E-state index >= 15 is 0 Å². The summed E-state index contributed by atoms with van der Waals surface area (Å²) in [5, 5.41) is 0. The van der Waals surface area contributed by atoms with Gasteiger partial charge in [-0.3, -0.25) is 9.59 Å². The molecule has 0 spiro atoms. The summed E-state index contributed by atoms with van der Waals surface area (Å²) in [6, 6.07) is 0. The number of unbranched alkanes of at least 4 members (excludes halogenated alkanes) is 24. The average molecular weight is 699 g/mol. The fraction of sp³-hybridized carbons (Fsp3) is 0.952. The molecular formula is C42H84NO6+. The molecule has 0 aromatic carbocycles. The van der Waals surface area contributed by atoms with Crippen LogP contribution in [-0.2, 0) is 28.5 Å². The van der Waals surface area contributed by atoms with E-state index in [4.69, 9.17) is 18.9 Å². The lowest BCUT2D eigenvalue weighted by molar-refractivity contribution is -0.873. The first-order chi connectivity index (χ1) is 23.7. The molecule has 7 nitrogen and oxygen atoms in total. The van der Waals surface area contributed by atoms with Crippen LogP contribution in [0.2, 0.25) is 0 Å². The van der Waals surface area contributed by atoms with Gasteiger partial charge in [-0.2, -0.15) is 0 Å². The summed E-state index contributed by atoms with van der Waals surface area (Å²) < 4.78 is 23.6. The van der Waals surface area contributed by atoms with Crippen molar-refractivity contribution >= 4 is 11.9 Å². The van der Waals surface area contributed by atoms with Gasteiger partial charge >= 0.3 is 11.9 Å². The van der Waals surface area contributed by atoms with Crippen molar-refractivity contribution < 1.29 is 33.0 Å². The highest BCUT2D eigenvalue weighted by Gasteiger charge is 2.21. The quantitative estimate of drug-likeness (QED) is 0.0363. The molecule has 0 aromatic rings. The van der Waals surface area contributed by atoms with Gasteiger partial charge in [-0.1, -0.05) is 168 Å². The fourth-order valence-corrected chi connectivity index (χ4v) is 6.33. The van der Waals surface area contributed by atoms with Gasteiger partial charge in [0.05, 0.1) is 34.4 Å². The first-order valence-electron chi connectivity index (χ1n) is 21.0. The average Bonchev–Trinajstić information content (AvgIpc) is 3.06. The van der Waals surface area contributed by atoms with Crippen molar-refractivity contribution in [3.63, 3.8) is 0 Å². The van der Waals surface area contributed by atoms with Gasteiger partial charge in [0.1, 0.15) is 19.3 Å². The van der Waals surface area contributed by atoms with Crippen LogP contribution in [0.25, 0.3) is 0 Å². The first kappa shape index (κ1) is 47.8. The number of carbonyl (C=O) groups is 2. The zero-order valence-corrected chi connectivity index (χ0v) is 33.7. The number of quaternary nitrogens is 1. The number of carbonyl (C=O) groups excluding carboxylic acids is 2. The summed E-state index contributed by atoms with van der Waals surface area (Å²) in [7, 11) is 8.03. The monoisotopic (exact) mass is 699 g/mol. The zero-order chi connectivity index (χ0) is 36.3. The van der Waals surface area contributed by atoms with Crippen molar-refractivity contribution in [2.45, 2.75) is 206 Å². The summed E-state index contributed by atoms with van der Waals surface area (Å²) in [5.41, 5.74) is 0. The third-order valence-electron chi connectivity index (χ3n) is 9.39. The normalized spacial score (nSPS) is 13.0. The molecule has 2 unspecified atom stereocenters. The van der Waals surface area contributed by atoms with Gasteiger partial charge in [0.15, 0.2) is 6.10 Å². The highest BCUT2D eigenvalue weighted by Crippen LogP contribution is 2.15. The summed E-state index contributed by atoms with van der Waals surface area (Å²) >= 11 is 0. The van der Waals surface area contributed by atoms with Crippen LogP contribution in [0, 0.1) is 0 Å². The predicted molar refractivity (Wildman–Crippen MR) is 206 cm³/mol. The first-order valence-corrected chi connectivity index (χ1v) is 21.0. The molecule has 7 heteroatoms. The molecule has 0 aromatic heterocycles. The van der Waals surface area contributed by atoms with E-state index < -0.39 is 6.10 Å². The van der Waals surface area contributed by atoms with E-state index in [1.807, 2.05) is 0 Å². The van der Waals surface area contributed by atoms with Gasteiger partial charge < -0.3 is 23.4 Å². The van der Waals surface area contributed by atoms with Crippen molar-refractivity contribution in [3.05, 3.63) is 0 Å². The van der Waals surface area contributed by atoms with E-state index in [9.17, 15) is 9.59 Å². The highest BCUT2D eigenvalue weighted by molar-refractivity contribution is 5.70. The minimum atomic E-state index is -0.605. The lowest BCUT2D eigenvalue weighted by Gasteiger charge is -2.28. The Balaban J connectivity index is 4.28. The van der Waals surface area contributed by atoms with E-state index in [1.54, 1.807) is 7.11 Å². The number of rotatable bonds is 38. The maximum atomic E-state index is 12.7. The predicted octanol–water partition coefficient (Wildman–Crippen LogP) is 11.1. The lowest BCUT2D eigenvalue weighted by atomic mass is 10.0. The van der Waals surface area contributed by atoms with E-state index in [-0.39, 0.29) is 31.3 Å². The number of hydrogen-bond acceptors (Lipinski definition) is 6. The maximum absolute atomic E-state index is 12.7. The molecule has 0 saturated carbocycles. The van der Waals surface area contributed by atoms with Crippen molar-refractivity contribution in [3.8, 4) is 0 Å². The van der Waals surface area contributed by atoms with E-state index in [1.165, 1.54) is 135 Å². The summed E-state index contributed by atoms with van der Waals surface area (Å²) in [5.74, 6) is -0.459. The molecule has 0 bridgehead atoms. The van der Waals surface area contributed by atoms with Gasteiger partial charge in [-0.15, -0.1) is 0 Å². The third-order valence-corrected chi connectivity index (χ3v) is 9.39. The molecule has 0 saturated heterocycles. The molecule has 0 aliphatic heterocycles. The number of hydrogen-bond donors (Lipinski definition) is 0. The minimum Gasteiger partial charge on any atom is -0.462 e. The number of methoxy groups -OCH3 is 1. The Kier molecular flexibility index (Phi) is 34.4. The second-order valence-corrected chi connectivity index (χ2v) is 15.6. The van der Waals surface area contributed by atoms with Crippen molar-refractivity contribution in [2.75, 3.05) is 54.6 Å². The Labute approximate surface area is 304 Å². The standard InChI is InChI=1S/C42H84NO6/c1-7-9-11-13-15-17-19-21-23-25-27-29-31-33-41(44)48-38-40(37-47-36-39(46-6)35-43(3,4)5)49-42(45)34-32-30-28-26-24-22-20-18-16-14-12-10-8-2/h39-40H,7-38H2,1-6H3/q+1. The molecular weight excluding hydrogens is 614 g/mol. The van der Waals surface area contributed by atoms with E-state index in [2.05, 4.69) is 35.0 Å². The number of esters is 2. The molecule has 49 heavy (non-hydrogen) atoms. The second kappa shape index (κ2) is 35.2. The SMILES string of the molecule is CCCCCCCCCCCCCCCC(=O)OCC(COCC(C[N+](C)(C)C)OC)OC(=O)CCCCCCCCCCCCCCC. The van der Waals surface area contributed by atoms with Crippen LogP contribution in [0.1, 0.15) is 194 Å². The van der Waals surface area contributed by atoms with Crippen LogP contribution in [-0.4, -0.2) is 83.2 Å². The summed E-state index contributed by atoms with van der Waals surface area (Å²) in [4.78, 5) is 25.2. The number of likely N-dealkylation sites (N-methyl/N-ethyl adjacent to an activating group) is 1. The second-order valence-electron chi connectivity index (χ2n) is 15.6. The van der Waals surface area contributed by atoms with Crippen LogP contribution in [0.3, 0.4) is 0 Å².